The topological polar surface area (TPSA) is 59.3 Å². The monoisotopic (exact) mass is 412 g/mol. The van der Waals surface area contributed by atoms with Gasteiger partial charge in [0.05, 0.1) is 6.61 Å². The van der Waals surface area contributed by atoms with Crippen molar-refractivity contribution < 1.29 is 14.3 Å². The molecule has 8 heteroatoms. The van der Waals surface area contributed by atoms with E-state index in [2.05, 4.69) is 28.6 Å². The summed E-state index contributed by atoms with van der Waals surface area (Å²) >= 11 is 1.77. The Labute approximate surface area is 173 Å². The molecule has 1 saturated heterocycles. The van der Waals surface area contributed by atoms with Crippen LogP contribution in [0.1, 0.15) is 50.1 Å². The first-order valence-electron chi connectivity index (χ1n) is 9.93. The minimum atomic E-state index is -0.453. The molecule has 0 radical (unpaired) electrons. The number of carbonyl (C=O) groups excluding carboxylic acids is 1. The van der Waals surface area contributed by atoms with Crippen LogP contribution < -0.4 is 4.80 Å². The number of hydrogen-bond donors (Lipinski definition) is 0. The highest BCUT2D eigenvalue weighted by atomic mass is 32.1. The highest BCUT2D eigenvalue weighted by Crippen LogP contribution is 2.32. The smallest absolute Gasteiger partial charge is 0.410 e. The molecule has 1 aliphatic heterocycles. The first-order chi connectivity index (χ1) is 13.2. The van der Waals surface area contributed by atoms with Crippen LogP contribution in [0, 0.1) is 0 Å². The zero-order chi connectivity index (χ0) is 20.9. The van der Waals surface area contributed by atoms with E-state index in [1.54, 1.807) is 18.4 Å². The molecule has 1 aromatic rings. The van der Waals surface area contributed by atoms with Crippen molar-refractivity contribution in [1.29, 1.82) is 0 Å². The van der Waals surface area contributed by atoms with E-state index < -0.39 is 5.60 Å². The summed E-state index contributed by atoms with van der Waals surface area (Å²) in [5.41, 5.74) is 0.907. The third-order valence-electron chi connectivity index (χ3n) is 4.96. The van der Waals surface area contributed by atoms with Crippen molar-refractivity contribution in [2.75, 3.05) is 47.4 Å². The van der Waals surface area contributed by atoms with Crippen molar-refractivity contribution in [3.63, 3.8) is 0 Å². The lowest BCUT2D eigenvalue weighted by molar-refractivity contribution is 0.0203. The van der Waals surface area contributed by atoms with E-state index in [1.807, 2.05) is 32.7 Å². The van der Waals surface area contributed by atoms with Crippen molar-refractivity contribution >= 4 is 17.4 Å². The van der Waals surface area contributed by atoms with Gasteiger partial charge < -0.3 is 18.9 Å². The molecule has 28 heavy (non-hydrogen) atoms. The second kappa shape index (κ2) is 9.89. The summed E-state index contributed by atoms with van der Waals surface area (Å²) in [5.74, 6) is 0.432. The van der Waals surface area contributed by atoms with Crippen molar-refractivity contribution in [3.8, 4) is 0 Å². The number of hydrogen-bond acceptors (Lipinski definition) is 6. The second-order valence-electron chi connectivity index (χ2n) is 8.45. The van der Waals surface area contributed by atoms with Gasteiger partial charge in [-0.15, -0.1) is 11.3 Å². The zero-order valence-corrected chi connectivity index (χ0v) is 19.3. The Balaban J connectivity index is 2.11. The Bertz CT molecular complexity index is 712. The number of aromatic nitrogens is 1. The molecule has 160 valence electrons. The molecule has 1 aromatic heterocycles. The van der Waals surface area contributed by atoms with Gasteiger partial charge in [0.25, 0.3) is 0 Å². The lowest BCUT2D eigenvalue weighted by atomic mass is 9.92. The van der Waals surface area contributed by atoms with E-state index in [-0.39, 0.29) is 6.09 Å². The maximum atomic E-state index is 12.4. The number of nitrogens with zero attached hydrogens (tertiary/aromatic N) is 4. The molecule has 0 aliphatic carbocycles. The van der Waals surface area contributed by atoms with Gasteiger partial charge in [0, 0.05) is 63.9 Å². The second-order valence-corrected chi connectivity index (χ2v) is 9.51. The van der Waals surface area contributed by atoms with Gasteiger partial charge in [0.2, 0.25) is 0 Å². The molecule has 2 heterocycles. The molecule has 0 spiro atoms. The van der Waals surface area contributed by atoms with Crippen LogP contribution in [0.25, 0.3) is 0 Å². The third-order valence-corrected chi connectivity index (χ3v) is 6.19. The number of likely N-dealkylation sites (tertiary alicyclic amines) is 1. The minimum absolute atomic E-state index is 0.204. The number of ether oxygens (including phenoxy) is 2. The van der Waals surface area contributed by atoms with Gasteiger partial charge in [-0.25, -0.2) is 4.79 Å². The highest BCUT2D eigenvalue weighted by Gasteiger charge is 2.30. The molecule has 2 rings (SSSR count). The Kier molecular flexibility index (Phi) is 8.09. The van der Waals surface area contributed by atoms with Crippen molar-refractivity contribution in [2.45, 2.75) is 51.7 Å². The summed E-state index contributed by atoms with van der Waals surface area (Å²) in [6, 6.07) is 0. The fourth-order valence-corrected chi connectivity index (χ4v) is 4.80. The van der Waals surface area contributed by atoms with Crippen molar-refractivity contribution in [2.24, 2.45) is 12.0 Å². The van der Waals surface area contributed by atoms with Gasteiger partial charge in [-0.1, -0.05) is 0 Å². The minimum Gasteiger partial charge on any atom is -0.444 e. The lowest BCUT2D eigenvalue weighted by Gasteiger charge is -2.34. The Morgan fingerprint density at radius 2 is 1.96 bits per heavy atom. The standard InChI is InChI=1S/C20H36N4O3S/c1-20(2,3)27-19(25)24-10-8-15(9-11-24)17-16(14-22(5)12-13-26-7)28-18(21-4)23(17)6/h15H,8-14H2,1-7H3. The van der Waals surface area contributed by atoms with Crippen LogP contribution >= 0.6 is 11.3 Å². The summed E-state index contributed by atoms with van der Waals surface area (Å²) in [7, 11) is 7.81. The van der Waals surface area contributed by atoms with E-state index in [9.17, 15) is 4.79 Å². The van der Waals surface area contributed by atoms with Crippen LogP contribution in [0.2, 0.25) is 0 Å². The van der Waals surface area contributed by atoms with Gasteiger partial charge in [0.15, 0.2) is 4.80 Å². The number of amides is 1. The van der Waals surface area contributed by atoms with Gasteiger partial charge in [-0.3, -0.25) is 9.89 Å². The van der Waals surface area contributed by atoms with Gasteiger partial charge >= 0.3 is 6.09 Å². The third kappa shape index (κ3) is 6.06. The molecule has 0 bridgehead atoms. The van der Waals surface area contributed by atoms with Crippen molar-refractivity contribution in [1.82, 2.24) is 14.4 Å². The molecule has 0 N–H and O–H groups in total. The summed E-state index contributed by atoms with van der Waals surface area (Å²) in [6.45, 7) is 9.69. The zero-order valence-electron chi connectivity index (χ0n) is 18.4. The Morgan fingerprint density at radius 3 is 2.50 bits per heavy atom. The average molecular weight is 413 g/mol. The summed E-state index contributed by atoms with van der Waals surface area (Å²) in [5, 5.41) is 0. The normalized spacial score (nSPS) is 16.9. The number of carbonyl (C=O) groups is 1. The molecule has 0 unspecified atom stereocenters. The summed E-state index contributed by atoms with van der Waals surface area (Å²) in [6.07, 6.45) is 1.69. The molecule has 0 saturated carbocycles. The lowest BCUT2D eigenvalue weighted by Crippen LogP contribution is -2.41. The number of methoxy groups -OCH3 is 1. The predicted molar refractivity (Wildman–Crippen MR) is 113 cm³/mol. The fraction of sp³-hybridized carbons (Fsp3) is 0.800. The molecular weight excluding hydrogens is 376 g/mol. The maximum Gasteiger partial charge on any atom is 0.410 e. The highest BCUT2D eigenvalue weighted by molar-refractivity contribution is 7.09. The molecule has 1 amide bonds. The molecule has 7 nitrogen and oxygen atoms in total. The maximum absolute atomic E-state index is 12.4. The number of likely N-dealkylation sites (N-methyl/N-ethyl adjacent to an activating group) is 1. The SMILES string of the molecule is CN=c1sc(CN(C)CCOC)c(C2CCN(C(=O)OC(C)(C)C)CC2)n1C. The van der Waals surface area contributed by atoms with Gasteiger partial charge in [-0.2, -0.15) is 0 Å². The first-order valence-corrected chi connectivity index (χ1v) is 10.7. The fourth-order valence-electron chi connectivity index (χ4n) is 3.56. The van der Waals surface area contributed by atoms with Crippen molar-refractivity contribution in [3.05, 3.63) is 15.4 Å². The van der Waals surface area contributed by atoms with Gasteiger partial charge in [-0.05, 0) is 40.7 Å². The Morgan fingerprint density at radius 1 is 1.32 bits per heavy atom. The molecular formula is C20H36N4O3S. The number of thiazole rings is 1. The molecule has 1 fully saturated rings. The summed E-state index contributed by atoms with van der Waals surface area (Å²) < 4.78 is 13.0. The van der Waals surface area contributed by atoms with E-state index in [4.69, 9.17) is 9.47 Å². The first kappa shape index (κ1) is 22.9. The average Bonchev–Trinajstić information content (AvgIpc) is 2.93. The number of piperidine rings is 1. The van der Waals surface area contributed by atoms with E-state index in [1.165, 1.54) is 10.6 Å². The van der Waals surface area contributed by atoms with E-state index >= 15 is 0 Å². The van der Waals surface area contributed by atoms with E-state index in [0.29, 0.717) is 5.92 Å². The largest absolute Gasteiger partial charge is 0.444 e. The molecule has 1 aliphatic rings. The molecule has 0 atom stereocenters. The Hall–Kier alpha value is -1.38. The van der Waals surface area contributed by atoms with Gasteiger partial charge in [0.1, 0.15) is 5.60 Å². The van der Waals surface area contributed by atoms with E-state index in [0.717, 1.165) is 50.4 Å². The van der Waals surface area contributed by atoms with Crippen LogP contribution in [0.5, 0.6) is 0 Å². The van der Waals surface area contributed by atoms with Crippen LogP contribution in [0.4, 0.5) is 4.79 Å². The van der Waals surface area contributed by atoms with Crippen LogP contribution in [0.3, 0.4) is 0 Å². The number of rotatable bonds is 6. The predicted octanol–water partition coefficient (Wildman–Crippen LogP) is 2.81. The summed E-state index contributed by atoms with van der Waals surface area (Å²) in [4.78, 5) is 23.3. The van der Waals surface area contributed by atoms with Crippen LogP contribution in [-0.4, -0.2) is 73.5 Å². The molecule has 0 aromatic carbocycles. The quantitative estimate of drug-likeness (QED) is 0.721. The van der Waals surface area contributed by atoms with Crippen LogP contribution in [0.15, 0.2) is 4.99 Å². The van der Waals surface area contributed by atoms with Crippen LogP contribution in [-0.2, 0) is 23.1 Å².